The van der Waals surface area contributed by atoms with Gasteiger partial charge in [-0.1, -0.05) is 12.1 Å². The molecule has 6 nitrogen and oxygen atoms in total. The number of benzene rings is 1. The van der Waals surface area contributed by atoms with Gasteiger partial charge in [-0.05, 0) is 68.1 Å². The molecule has 6 heteroatoms. The molecule has 0 radical (unpaired) electrons. The van der Waals surface area contributed by atoms with Gasteiger partial charge in [0.25, 0.3) is 5.91 Å². The van der Waals surface area contributed by atoms with Crippen LogP contribution in [-0.4, -0.2) is 21.9 Å². The number of rotatable bonds is 6. The molecule has 1 saturated carbocycles. The Kier molecular flexibility index (Phi) is 4.93. The molecule has 4 rings (SSSR count). The lowest BCUT2D eigenvalue weighted by molar-refractivity contribution is 0.102. The van der Waals surface area contributed by atoms with Crippen LogP contribution in [-0.2, 0) is 0 Å². The topological polar surface area (TPSA) is 76.1 Å². The van der Waals surface area contributed by atoms with E-state index in [1.54, 1.807) is 30.6 Å². The standard InChI is InChI=1S/C22H22N4O2/c1-14-5-3-7-19(15(14)2)28-22-18(6-4-12-23-22)26-21(27)16-8-11-20(24-13-16)25-17-9-10-17/h3-8,11-13,17H,9-10H2,1-2H3,(H,24,25)(H,26,27). The van der Waals surface area contributed by atoms with Gasteiger partial charge in [0.15, 0.2) is 0 Å². The summed E-state index contributed by atoms with van der Waals surface area (Å²) in [5.74, 6) is 1.60. The van der Waals surface area contributed by atoms with Gasteiger partial charge >= 0.3 is 0 Å². The van der Waals surface area contributed by atoms with Crippen LogP contribution in [0.15, 0.2) is 54.9 Å². The third-order valence-corrected chi connectivity index (χ3v) is 4.74. The molecule has 0 saturated heterocycles. The molecule has 1 aromatic carbocycles. The summed E-state index contributed by atoms with van der Waals surface area (Å²) in [6, 6.07) is 13.5. The number of nitrogens with zero attached hydrogens (tertiary/aromatic N) is 2. The second-order valence-electron chi connectivity index (χ2n) is 6.96. The molecular formula is C22H22N4O2. The summed E-state index contributed by atoms with van der Waals surface area (Å²) in [4.78, 5) is 21.2. The van der Waals surface area contributed by atoms with E-state index in [1.807, 2.05) is 38.1 Å². The van der Waals surface area contributed by atoms with E-state index in [-0.39, 0.29) is 5.91 Å². The zero-order valence-corrected chi connectivity index (χ0v) is 15.9. The average molecular weight is 374 g/mol. The number of anilines is 2. The second-order valence-corrected chi connectivity index (χ2v) is 6.96. The quantitative estimate of drug-likeness (QED) is 0.653. The Hall–Kier alpha value is -3.41. The van der Waals surface area contributed by atoms with Gasteiger partial charge in [0.2, 0.25) is 5.88 Å². The minimum Gasteiger partial charge on any atom is -0.437 e. The highest BCUT2D eigenvalue weighted by Crippen LogP contribution is 2.30. The summed E-state index contributed by atoms with van der Waals surface area (Å²) in [5, 5.41) is 6.17. The van der Waals surface area contributed by atoms with Crippen molar-refractivity contribution in [2.24, 2.45) is 0 Å². The molecule has 1 aliphatic carbocycles. The Bertz CT molecular complexity index is 998. The predicted molar refractivity (Wildman–Crippen MR) is 109 cm³/mol. The van der Waals surface area contributed by atoms with Crippen LogP contribution >= 0.6 is 0 Å². The first-order valence-corrected chi connectivity index (χ1v) is 9.33. The largest absolute Gasteiger partial charge is 0.437 e. The van der Waals surface area contributed by atoms with Crippen molar-refractivity contribution in [1.29, 1.82) is 0 Å². The van der Waals surface area contributed by atoms with E-state index in [2.05, 4.69) is 20.6 Å². The number of amides is 1. The smallest absolute Gasteiger partial charge is 0.257 e. The molecule has 2 N–H and O–H groups in total. The van der Waals surface area contributed by atoms with Crippen molar-refractivity contribution in [3.8, 4) is 11.6 Å². The van der Waals surface area contributed by atoms with Crippen LogP contribution < -0.4 is 15.4 Å². The molecule has 3 aromatic rings. The normalized spacial score (nSPS) is 13.1. The highest BCUT2D eigenvalue weighted by atomic mass is 16.5. The summed E-state index contributed by atoms with van der Waals surface area (Å²) < 4.78 is 5.98. The molecule has 2 aromatic heterocycles. The van der Waals surface area contributed by atoms with E-state index in [1.165, 1.54) is 12.8 Å². The molecular weight excluding hydrogens is 352 g/mol. The first-order chi connectivity index (χ1) is 13.6. The zero-order chi connectivity index (χ0) is 19.5. The summed E-state index contributed by atoms with van der Waals surface area (Å²) >= 11 is 0. The molecule has 142 valence electrons. The van der Waals surface area contributed by atoms with Crippen molar-refractivity contribution < 1.29 is 9.53 Å². The van der Waals surface area contributed by atoms with Crippen LogP contribution in [0.3, 0.4) is 0 Å². The number of nitrogens with one attached hydrogen (secondary N) is 2. The van der Waals surface area contributed by atoms with Crippen LogP contribution in [0.2, 0.25) is 0 Å². The number of aryl methyl sites for hydroxylation is 1. The number of aromatic nitrogens is 2. The molecule has 0 spiro atoms. The van der Waals surface area contributed by atoms with Crippen LogP contribution in [0.25, 0.3) is 0 Å². The fraction of sp³-hybridized carbons (Fsp3) is 0.227. The Balaban J connectivity index is 1.50. The number of carbonyl (C=O) groups is 1. The van der Waals surface area contributed by atoms with E-state index in [0.29, 0.717) is 28.9 Å². The van der Waals surface area contributed by atoms with Crippen molar-refractivity contribution in [1.82, 2.24) is 9.97 Å². The number of carbonyl (C=O) groups excluding carboxylic acids is 1. The highest BCUT2D eigenvalue weighted by molar-refractivity contribution is 6.04. The zero-order valence-electron chi connectivity index (χ0n) is 15.9. The van der Waals surface area contributed by atoms with Crippen LogP contribution in [0.1, 0.15) is 34.3 Å². The van der Waals surface area contributed by atoms with Crippen molar-refractivity contribution >= 4 is 17.4 Å². The summed E-state index contributed by atoms with van der Waals surface area (Å²) in [7, 11) is 0. The Morgan fingerprint density at radius 2 is 1.93 bits per heavy atom. The molecule has 1 aliphatic rings. The summed E-state index contributed by atoms with van der Waals surface area (Å²) in [6.07, 6.45) is 5.56. The summed E-state index contributed by atoms with van der Waals surface area (Å²) in [5.41, 5.74) is 3.15. The fourth-order valence-electron chi connectivity index (χ4n) is 2.75. The third kappa shape index (κ3) is 4.11. The van der Waals surface area contributed by atoms with Gasteiger partial charge in [-0.15, -0.1) is 0 Å². The maximum atomic E-state index is 12.6. The molecule has 1 fully saturated rings. The number of pyridine rings is 2. The molecule has 0 aliphatic heterocycles. The molecule has 0 unspecified atom stereocenters. The van der Waals surface area contributed by atoms with Gasteiger partial charge in [0, 0.05) is 18.4 Å². The van der Waals surface area contributed by atoms with Gasteiger partial charge in [-0.3, -0.25) is 4.79 Å². The van der Waals surface area contributed by atoms with E-state index in [0.717, 1.165) is 16.9 Å². The summed E-state index contributed by atoms with van der Waals surface area (Å²) in [6.45, 7) is 4.02. The van der Waals surface area contributed by atoms with Crippen LogP contribution in [0.4, 0.5) is 11.5 Å². The minimum atomic E-state index is -0.260. The van der Waals surface area contributed by atoms with E-state index < -0.39 is 0 Å². The lowest BCUT2D eigenvalue weighted by Crippen LogP contribution is -2.13. The Morgan fingerprint density at radius 3 is 2.68 bits per heavy atom. The lowest BCUT2D eigenvalue weighted by atomic mass is 10.1. The lowest BCUT2D eigenvalue weighted by Gasteiger charge is -2.13. The van der Waals surface area contributed by atoms with Crippen molar-refractivity contribution in [2.45, 2.75) is 32.7 Å². The van der Waals surface area contributed by atoms with Crippen LogP contribution in [0, 0.1) is 13.8 Å². The van der Waals surface area contributed by atoms with Gasteiger partial charge < -0.3 is 15.4 Å². The molecule has 0 atom stereocenters. The van der Waals surface area contributed by atoms with E-state index >= 15 is 0 Å². The van der Waals surface area contributed by atoms with E-state index in [9.17, 15) is 4.79 Å². The number of hydrogen-bond acceptors (Lipinski definition) is 5. The Morgan fingerprint density at radius 1 is 1.07 bits per heavy atom. The van der Waals surface area contributed by atoms with Crippen molar-refractivity contribution in [3.63, 3.8) is 0 Å². The van der Waals surface area contributed by atoms with Gasteiger partial charge in [-0.2, -0.15) is 0 Å². The first kappa shape index (κ1) is 18.0. The van der Waals surface area contributed by atoms with Gasteiger partial charge in [0.05, 0.1) is 5.56 Å². The van der Waals surface area contributed by atoms with Crippen LogP contribution in [0.5, 0.6) is 11.6 Å². The average Bonchev–Trinajstić information content (AvgIpc) is 3.51. The van der Waals surface area contributed by atoms with Gasteiger partial charge in [-0.25, -0.2) is 9.97 Å². The first-order valence-electron chi connectivity index (χ1n) is 9.33. The Labute approximate surface area is 164 Å². The number of hydrogen-bond donors (Lipinski definition) is 2. The van der Waals surface area contributed by atoms with E-state index in [4.69, 9.17) is 4.74 Å². The molecule has 0 bridgehead atoms. The third-order valence-electron chi connectivity index (χ3n) is 4.74. The minimum absolute atomic E-state index is 0.260. The maximum Gasteiger partial charge on any atom is 0.257 e. The second kappa shape index (κ2) is 7.68. The molecule has 28 heavy (non-hydrogen) atoms. The van der Waals surface area contributed by atoms with Crippen molar-refractivity contribution in [3.05, 3.63) is 71.5 Å². The predicted octanol–water partition coefficient (Wildman–Crippen LogP) is 4.71. The maximum absolute atomic E-state index is 12.6. The number of ether oxygens (including phenoxy) is 1. The fourth-order valence-corrected chi connectivity index (χ4v) is 2.75. The highest BCUT2D eigenvalue weighted by Gasteiger charge is 2.21. The SMILES string of the molecule is Cc1cccc(Oc2ncccc2NC(=O)c2ccc(NC3CC3)nc2)c1C. The molecule has 1 amide bonds. The monoisotopic (exact) mass is 374 g/mol. The molecule has 2 heterocycles. The van der Waals surface area contributed by atoms with Crippen molar-refractivity contribution in [2.75, 3.05) is 10.6 Å². The van der Waals surface area contributed by atoms with Gasteiger partial charge in [0.1, 0.15) is 17.3 Å².